The molecule has 0 amide bonds. The standard InChI is InChI=1S/C24H30F2N4O2/c1-15-7-16-9-21(10-17(16)8-15)32-23-22(29-5-3-28(2)4-6-29)14-27-30(24(23)31)20-12-18(25)11-19(26)13-20/h11-17,21H,3-10H2,1-2H3. The van der Waals surface area contributed by atoms with Crippen LogP contribution in [-0.2, 0) is 0 Å². The van der Waals surface area contributed by atoms with E-state index in [1.807, 2.05) is 0 Å². The number of anilines is 1. The summed E-state index contributed by atoms with van der Waals surface area (Å²) < 4.78 is 35.1. The molecule has 3 fully saturated rings. The van der Waals surface area contributed by atoms with Crippen LogP contribution in [0.15, 0.2) is 29.2 Å². The minimum atomic E-state index is -0.753. The highest BCUT2D eigenvalue weighted by Crippen LogP contribution is 2.47. The van der Waals surface area contributed by atoms with Gasteiger partial charge in [-0.25, -0.2) is 8.78 Å². The molecule has 2 unspecified atom stereocenters. The van der Waals surface area contributed by atoms with Crippen molar-refractivity contribution >= 4 is 5.69 Å². The molecule has 2 saturated carbocycles. The molecule has 32 heavy (non-hydrogen) atoms. The minimum Gasteiger partial charge on any atom is -0.483 e. The number of hydrogen-bond donors (Lipinski definition) is 0. The first-order chi connectivity index (χ1) is 15.4. The number of fused-ring (bicyclic) bond motifs is 1. The maximum Gasteiger partial charge on any atom is 0.316 e. The highest BCUT2D eigenvalue weighted by molar-refractivity contribution is 5.57. The predicted molar refractivity (Wildman–Crippen MR) is 118 cm³/mol. The van der Waals surface area contributed by atoms with Gasteiger partial charge in [-0.3, -0.25) is 4.79 Å². The van der Waals surface area contributed by atoms with Crippen molar-refractivity contribution in [3.05, 3.63) is 46.4 Å². The van der Waals surface area contributed by atoms with Gasteiger partial charge in [0, 0.05) is 32.2 Å². The van der Waals surface area contributed by atoms with Crippen molar-refractivity contribution in [1.29, 1.82) is 0 Å². The van der Waals surface area contributed by atoms with E-state index in [9.17, 15) is 13.6 Å². The van der Waals surface area contributed by atoms with Gasteiger partial charge in [-0.2, -0.15) is 9.78 Å². The van der Waals surface area contributed by atoms with E-state index in [-0.39, 0.29) is 17.5 Å². The van der Waals surface area contributed by atoms with Gasteiger partial charge in [-0.15, -0.1) is 0 Å². The topological polar surface area (TPSA) is 50.6 Å². The van der Waals surface area contributed by atoms with Crippen LogP contribution in [0.3, 0.4) is 0 Å². The minimum absolute atomic E-state index is 0.0171. The molecule has 1 aliphatic heterocycles. The van der Waals surface area contributed by atoms with Crippen LogP contribution in [0.5, 0.6) is 5.75 Å². The van der Waals surface area contributed by atoms with E-state index >= 15 is 0 Å². The number of hydrogen-bond acceptors (Lipinski definition) is 5. The lowest BCUT2D eigenvalue weighted by molar-refractivity contribution is 0.191. The second-order valence-electron chi connectivity index (χ2n) is 9.80. The predicted octanol–water partition coefficient (Wildman–Crippen LogP) is 3.47. The molecule has 2 heterocycles. The van der Waals surface area contributed by atoms with Crippen molar-refractivity contribution < 1.29 is 13.5 Å². The fourth-order valence-electron chi connectivity index (χ4n) is 5.78. The number of likely N-dealkylation sites (N-methyl/N-ethyl adjacent to an activating group) is 1. The fourth-order valence-corrected chi connectivity index (χ4v) is 5.78. The average molecular weight is 445 g/mol. The Hall–Kier alpha value is -2.48. The second kappa shape index (κ2) is 8.46. The first kappa shape index (κ1) is 21.4. The fraction of sp³-hybridized carbons (Fsp3) is 0.583. The molecule has 3 aliphatic rings. The monoisotopic (exact) mass is 444 g/mol. The van der Waals surface area contributed by atoms with E-state index < -0.39 is 17.2 Å². The SMILES string of the molecule is CC1CC2CC(Oc3c(N4CCN(C)CC4)cnn(-c4cc(F)cc(F)c4)c3=O)CC2C1. The van der Waals surface area contributed by atoms with Gasteiger partial charge >= 0.3 is 5.56 Å². The summed E-state index contributed by atoms with van der Waals surface area (Å²) in [6, 6.07) is 3.00. The second-order valence-corrected chi connectivity index (χ2v) is 9.80. The van der Waals surface area contributed by atoms with Crippen LogP contribution in [0.4, 0.5) is 14.5 Å². The van der Waals surface area contributed by atoms with Gasteiger partial charge < -0.3 is 14.5 Å². The average Bonchev–Trinajstić information content (AvgIpc) is 3.26. The maximum absolute atomic E-state index is 13.8. The van der Waals surface area contributed by atoms with Crippen LogP contribution < -0.4 is 15.2 Å². The van der Waals surface area contributed by atoms with Crippen molar-refractivity contribution in [2.75, 3.05) is 38.1 Å². The van der Waals surface area contributed by atoms with E-state index in [0.717, 1.165) is 67.8 Å². The molecule has 2 aliphatic carbocycles. The van der Waals surface area contributed by atoms with Crippen molar-refractivity contribution in [3.63, 3.8) is 0 Å². The first-order valence-corrected chi connectivity index (χ1v) is 11.6. The lowest BCUT2D eigenvalue weighted by Gasteiger charge is -2.34. The van der Waals surface area contributed by atoms with Gasteiger partial charge in [0.05, 0.1) is 18.0 Å². The third-order valence-electron chi connectivity index (χ3n) is 7.34. The van der Waals surface area contributed by atoms with Gasteiger partial charge in [-0.05, 0) is 62.6 Å². The number of piperazine rings is 1. The molecule has 0 spiro atoms. The van der Waals surface area contributed by atoms with Gasteiger partial charge in [0.2, 0.25) is 5.75 Å². The van der Waals surface area contributed by atoms with Gasteiger partial charge in [0.15, 0.2) is 0 Å². The third kappa shape index (κ3) is 4.12. The highest BCUT2D eigenvalue weighted by Gasteiger charge is 2.41. The Labute approximate surface area is 186 Å². The van der Waals surface area contributed by atoms with Crippen molar-refractivity contribution in [3.8, 4) is 11.4 Å². The summed E-state index contributed by atoms with van der Waals surface area (Å²) in [6.07, 6.45) is 5.93. The van der Waals surface area contributed by atoms with Crippen molar-refractivity contribution in [2.24, 2.45) is 17.8 Å². The first-order valence-electron chi connectivity index (χ1n) is 11.6. The molecule has 1 aromatic carbocycles. The Morgan fingerprint density at radius 1 is 0.969 bits per heavy atom. The summed E-state index contributed by atoms with van der Waals surface area (Å²) in [5.41, 5.74) is 0.248. The number of aromatic nitrogens is 2. The summed E-state index contributed by atoms with van der Waals surface area (Å²) in [7, 11) is 2.07. The largest absolute Gasteiger partial charge is 0.483 e. The molecular formula is C24H30F2N4O2. The molecule has 6 nitrogen and oxygen atoms in total. The van der Waals surface area contributed by atoms with E-state index in [1.165, 1.54) is 12.8 Å². The molecule has 8 heteroatoms. The number of halogens is 2. The van der Waals surface area contributed by atoms with Gasteiger partial charge in [-0.1, -0.05) is 6.92 Å². The molecule has 172 valence electrons. The van der Waals surface area contributed by atoms with Crippen LogP contribution in [0, 0.1) is 29.4 Å². The summed E-state index contributed by atoms with van der Waals surface area (Å²) in [5.74, 6) is 0.807. The summed E-state index contributed by atoms with van der Waals surface area (Å²) in [6.45, 7) is 5.59. The van der Waals surface area contributed by atoms with E-state index in [0.29, 0.717) is 17.5 Å². The van der Waals surface area contributed by atoms with Crippen molar-refractivity contribution in [2.45, 2.75) is 38.7 Å². The molecule has 2 atom stereocenters. The smallest absolute Gasteiger partial charge is 0.316 e. The highest BCUT2D eigenvalue weighted by atomic mass is 19.1. The summed E-state index contributed by atoms with van der Waals surface area (Å²) >= 11 is 0. The third-order valence-corrected chi connectivity index (χ3v) is 7.34. The molecule has 0 bridgehead atoms. The van der Waals surface area contributed by atoms with E-state index in [4.69, 9.17) is 4.74 Å². The number of rotatable bonds is 4. The zero-order valence-electron chi connectivity index (χ0n) is 18.6. The zero-order valence-corrected chi connectivity index (χ0v) is 18.6. The molecule has 5 rings (SSSR count). The molecule has 1 aromatic heterocycles. The summed E-state index contributed by atoms with van der Waals surface area (Å²) in [5, 5.41) is 4.26. The van der Waals surface area contributed by atoms with Crippen LogP contribution in [0.1, 0.15) is 32.6 Å². The van der Waals surface area contributed by atoms with Crippen LogP contribution in [-0.4, -0.2) is 54.0 Å². The lowest BCUT2D eigenvalue weighted by Crippen LogP contribution is -2.45. The Bertz CT molecular complexity index is 1020. The Balaban J connectivity index is 1.50. The Morgan fingerprint density at radius 3 is 2.22 bits per heavy atom. The number of ether oxygens (including phenoxy) is 1. The van der Waals surface area contributed by atoms with Gasteiger partial charge in [0.25, 0.3) is 0 Å². The summed E-state index contributed by atoms with van der Waals surface area (Å²) in [4.78, 5) is 17.9. The van der Waals surface area contributed by atoms with Crippen LogP contribution in [0.25, 0.3) is 5.69 Å². The lowest BCUT2D eigenvalue weighted by atomic mass is 10.0. The van der Waals surface area contributed by atoms with E-state index in [2.05, 4.69) is 28.9 Å². The maximum atomic E-state index is 13.8. The normalized spacial score (nSPS) is 28.2. The quantitative estimate of drug-likeness (QED) is 0.723. The Morgan fingerprint density at radius 2 is 1.59 bits per heavy atom. The molecular weight excluding hydrogens is 414 g/mol. The van der Waals surface area contributed by atoms with Gasteiger partial charge in [0.1, 0.15) is 17.3 Å². The van der Waals surface area contributed by atoms with E-state index in [1.54, 1.807) is 6.20 Å². The number of benzene rings is 1. The molecule has 0 radical (unpaired) electrons. The van der Waals surface area contributed by atoms with Crippen LogP contribution in [0.2, 0.25) is 0 Å². The number of nitrogens with zero attached hydrogens (tertiary/aromatic N) is 4. The molecule has 2 aromatic rings. The molecule has 1 saturated heterocycles. The van der Waals surface area contributed by atoms with Crippen molar-refractivity contribution in [1.82, 2.24) is 14.7 Å². The molecule has 0 N–H and O–H groups in total. The van der Waals surface area contributed by atoms with Crippen LogP contribution >= 0.6 is 0 Å². The zero-order chi connectivity index (χ0) is 22.4. The Kier molecular flexibility index (Phi) is 5.65.